The second-order valence-electron chi connectivity index (χ2n) is 4.65. The summed E-state index contributed by atoms with van der Waals surface area (Å²) in [5, 5.41) is 10.2. The van der Waals surface area contributed by atoms with Crippen LogP contribution in [0.2, 0.25) is 0 Å². The molecule has 0 bridgehead atoms. The van der Waals surface area contributed by atoms with Crippen LogP contribution in [-0.4, -0.2) is 18.3 Å². The molecule has 0 aromatic heterocycles. The van der Waals surface area contributed by atoms with Crippen LogP contribution in [0.5, 0.6) is 5.75 Å². The van der Waals surface area contributed by atoms with E-state index < -0.39 is 18.0 Å². The largest absolute Gasteiger partial charge is 0.494 e. The second kappa shape index (κ2) is 6.50. The van der Waals surface area contributed by atoms with Gasteiger partial charge < -0.3 is 15.6 Å². The Morgan fingerprint density at radius 2 is 1.85 bits per heavy atom. The molecule has 0 aliphatic heterocycles. The van der Waals surface area contributed by atoms with Crippen molar-refractivity contribution >= 4 is 0 Å². The van der Waals surface area contributed by atoms with Gasteiger partial charge in [-0.25, -0.2) is 4.39 Å². The number of methoxy groups -OCH3 is 1. The molecule has 3 nitrogen and oxygen atoms in total. The summed E-state index contributed by atoms with van der Waals surface area (Å²) in [5.41, 5.74) is 7.18. The van der Waals surface area contributed by atoms with Gasteiger partial charge in [0.15, 0.2) is 11.6 Å². The Kier molecular flexibility index (Phi) is 4.71. The lowest BCUT2D eigenvalue weighted by atomic mass is 9.96. The zero-order valence-electron chi connectivity index (χ0n) is 11.3. The molecular weight excluding hydrogens is 257 g/mol. The summed E-state index contributed by atoms with van der Waals surface area (Å²) < 4.78 is 19.0. The van der Waals surface area contributed by atoms with Crippen molar-refractivity contribution in [3.8, 4) is 5.75 Å². The van der Waals surface area contributed by atoms with E-state index >= 15 is 0 Å². The third kappa shape index (κ3) is 3.15. The highest BCUT2D eigenvalue weighted by Crippen LogP contribution is 2.26. The maximum Gasteiger partial charge on any atom is 0.169 e. The van der Waals surface area contributed by atoms with E-state index in [1.165, 1.54) is 13.2 Å². The van der Waals surface area contributed by atoms with E-state index in [0.717, 1.165) is 5.56 Å². The lowest BCUT2D eigenvalue weighted by Gasteiger charge is -2.20. The Labute approximate surface area is 117 Å². The molecule has 0 fully saturated rings. The van der Waals surface area contributed by atoms with Crippen LogP contribution in [0.15, 0.2) is 48.5 Å². The Bertz CT molecular complexity index is 560. The monoisotopic (exact) mass is 275 g/mol. The third-order valence-electron chi connectivity index (χ3n) is 3.27. The Morgan fingerprint density at radius 1 is 1.15 bits per heavy atom. The SMILES string of the molecule is COc1cccc([C@@H](N)[C@@H](O)Cc2ccccc2)c1F. The van der Waals surface area contributed by atoms with E-state index in [1.807, 2.05) is 30.3 Å². The maximum atomic E-state index is 14.1. The van der Waals surface area contributed by atoms with Gasteiger partial charge >= 0.3 is 0 Å². The molecule has 20 heavy (non-hydrogen) atoms. The topological polar surface area (TPSA) is 55.5 Å². The van der Waals surface area contributed by atoms with Crippen molar-refractivity contribution in [2.75, 3.05) is 7.11 Å². The summed E-state index contributed by atoms with van der Waals surface area (Å²) >= 11 is 0. The van der Waals surface area contributed by atoms with Crippen molar-refractivity contribution in [3.05, 3.63) is 65.5 Å². The van der Waals surface area contributed by atoms with Gasteiger partial charge in [0, 0.05) is 12.0 Å². The number of rotatable bonds is 5. The van der Waals surface area contributed by atoms with E-state index in [9.17, 15) is 9.50 Å². The molecule has 0 saturated carbocycles. The first-order valence-electron chi connectivity index (χ1n) is 6.43. The molecule has 106 valence electrons. The van der Waals surface area contributed by atoms with Gasteiger partial charge in [-0.3, -0.25) is 0 Å². The fourth-order valence-corrected chi connectivity index (χ4v) is 2.13. The van der Waals surface area contributed by atoms with E-state index in [4.69, 9.17) is 10.5 Å². The molecule has 3 N–H and O–H groups in total. The van der Waals surface area contributed by atoms with Gasteiger partial charge in [0.2, 0.25) is 0 Å². The first-order chi connectivity index (χ1) is 9.63. The van der Waals surface area contributed by atoms with Gasteiger partial charge in [-0.05, 0) is 11.6 Å². The van der Waals surface area contributed by atoms with Gasteiger partial charge in [-0.2, -0.15) is 0 Å². The number of aliphatic hydroxyl groups excluding tert-OH is 1. The predicted octanol–water partition coefficient (Wildman–Crippen LogP) is 2.44. The first kappa shape index (κ1) is 14.5. The zero-order valence-corrected chi connectivity index (χ0v) is 11.3. The predicted molar refractivity (Wildman–Crippen MR) is 76.0 cm³/mol. The van der Waals surface area contributed by atoms with Gasteiger partial charge in [-0.1, -0.05) is 42.5 Å². The Balaban J connectivity index is 2.16. The highest BCUT2D eigenvalue weighted by molar-refractivity contribution is 5.33. The average molecular weight is 275 g/mol. The van der Waals surface area contributed by atoms with Crippen LogP contribution in [0.1, 0.15) is 17.2 Å². The first-order valence-corrected chi connectivity index (χ1v) is 6.43. The number of hydrogen-bond donors (Lipinski definition) is 2. The quantitative estimate of drug-likeness (QED) is 0.881. The van der Waals surface area contributed by atoms with Gasteiger partial charge in [0.25, 0.3) is 0 Å². The maximum absolute atomic E-state index is 14.1. The molecule has 0 aliphatic carbocycles. The van der Waals surface area contributed by atoms with E-state index in [0.29, 0.717) is 6.42 Å². The number of hydrogen-bond acceptors (Lipinski definition) is 3. The number of ether oxygens (including phenoxy) is 1. The summed E-state index contributed by atoms with van der Waals surface area (Å²) in [4.78, 5) is 0. The minimum Gasteiger partial charge on any atom is -0.494 e. The molecule has 0 heterocycles. The number of aliphatic hydroxyl groups is 1. The smallest absolute Gasteiger partial charge is 0.169 e. The normalized spacial score (nSPS) is 13.8. The highest BCUT2D eigenvalue weighted by atomic mass is 19.1. The Hall–Kier alpha value is -1.91. The molecule has 0 spiro atoms. The summed E-state index contributed by atoms with van der Waals surface area (Å²) in [6, 6.07) is 13.4. The molecule has 2 rings (SSSR count). The van der Waals surface area contributed by atoms with Gasteiger partial charge in [0.1, 0.15) is 0 Å². The molecule has 0 unspecified atom stereocenters. The van der Waals surface area contributed by atoms with Crippen LogP contribution in [0.25, 0.3) is 0 Å². The molecule has 2 atom stereocenters. The minimum absolute atomic E-state index is 0.130. The van der Waals surface area contributed by atoms with E-state index in [2.05, 4.69) is 0 Å². The lowest BCUT2D eigenvalue weighted by Crippen LogP contribution is -2.29. The zero-order chi connectivity index (χ0) is 14.5. The van der Waals surface area contributed by atoms with Crippen LogP contribution in [0, 0.1) is 5.82 Å². The molecule has 0 amide bonds. The third-order valence-corrected chi connectivity index (χ3v) is 3.27. The van der Waals surface area contributed by atoms with Crippen LogP contribution in [0.3, 0.4) is 0 Å². The minimum atomic E-state index is -0.862. The van der Waals surface area contributed by atoms with Crippen LogP contribution in [-0.2, 0) is 6.42 Å². The van der Waals surface area contributed by atoms with Crippen LogP contribution >= 0.6 is 0 Å². The van der Waals surface area contributed by atoms with Crippen molar-refractivity contribution in [1.29, 1.82) is 0 Å². The summed E-state index contributed by atoms with van der Waals surface area (Å²) in [6.45, 7) is 0. The summed E-state index contributed by atoms with van der Waals surface area (Å²) in [7, 11) is 1.40. The van der Waals surface area contributed by atoms with Crippen LogP contribution in [0.4, 0.5) is 4.39 Å². The fraction of sp³-hybridized carbons (Fsp3) is 0.250. The number of nitrogens with two attached hydrogens (primary N) is 1. The summed E-state index contributed by atoms with van der Waals surface area (Å²) in [6.07, 6.45) is -0.488. The standard InChI is InChI=1S/C16H18FNO2/c1-20-14-9-5-8-12(15(14)17)16(18)13(19)10-11-6-3-2-4-7-11/h2-9,13,16,19H,10,18H2,1H3/t13-,16+/m0/s1. The molecule has 2 aromatic rings. The van der Waals surface area contributed by atoms with Crippen molar-refractivity contribution in [2.45, 2.75) is 18.6 Å². The van der Waals surface area contributed by atoms with Gasteiger partial charge in [-0.15, -0.1) is 0 Å². The summed E-state index contributed by atoms with van der Waals surface area (Å²) in [5.74, 6) is -0.389. The van der Waals surface area contributed by atoms with E-state index in [1.54, 1.807) is 12.1 Å². The van der Waals surface area contributed by atoms with Crippen molar-refractivity contribution < 1.29 is 14.2 Å². The average Bonchev–Trinajstić information content (AvgIpc) is 2.48. The van der Waals surface area contributed by atoms with E-state index in [-0.39, 0.29) is 11.3 Å². The van der Waals surface area contributed by atoms with Crippen molar-refractivity contribution in [1.82, 2.24) is 0 Å². The molecule has 2 aromatic carbocycles. The van der Waals surface area contributed by atoms with Crippen molar-refractivity contribution in [2.24, 2.45) is 5.73 Å². The molecule has 4 heteroatoms. The Morgan fingerprint density at radius 3 is 2.50 bits per heavy atom. The molecular formula is C16H18FNO2. The number of halogens is 1. The lowest BCUT2D eigenvalue weighted by molar-refractivity contribution is 0.143. The van der Waals surface area contributed by atoms with Crippen LogP contribution < -0.4 is 10.5 Å². The molecule has 0 saturated heterocycles. The molecule has 0 aliphatic rings. The highest BCUT2D eigenvalue weighted by Gasteiger charge is 2.22. The molecule has 0 radical (unpaired) electrons. The number of benzene rings is 2. The fourth-order valence-electron chi connectivity index (χ4n) is 2.13. The second-order valence-corrected chi connectivity index (χ2v) is 4.65. The van der Waals surface area contributed by atoms with Gasteiger partial charge in [0.05, 0.1) is 19.3 Å². The van der Waals surface area contributed by atoms with Crippen molar-refractivity contribution in [3.63, 3.8) is 0 Å².